The summed E-state index contributed by atoms with van der Waals surface area (Å²) < 4.78 is 0. The van der Waals surface area contributed by atoms with Crippen LogP contribution in [0.1, 0.15) is 38.4 Å². The molecule has 1 aliphatic heterocycles. The molecule has 1 heterocycles. The molecule has 0 aromatic heterocycles. The summed E-state index contributed by atoms with van der Waals surface area (Å²) in [6, 6.07) is 7.72. The van der Waals surface area contributed by atoms with Gasteiger partial charge in [-0.15, -0.1) is 0 Å². The van der Waals surface area contributed by atoms with Gasteiger partial charge in [-0.05, 0) is 32.8 Å². The van der Waals surface area contributed by atoms with E-state index in [0.717, 1.165) is 30.6 Å². The Kier molecular flexibility index (Phi) is 3.80. The van der Waals surface area contributed by atoms with Gasteiger partial charge in [-0.25, -0.2) is 0 Å². The molecule has 0 bridgehead atoms. The third kappa shape index (κ3) is 2.89. The molecule has 0 fully saturated rings. The first-order valence-electron chi connectivity index (χ1n) is 6.67. The van der Waals surface area contributed by atoms with Crippen LogP contribution >= 0.6 is 0 Å². The topological polar surface area (TPSA) is 60.8 Å². The highest BCUT2D eigenvalue weighted by molar-refractivity contribution is 5.75. The van der Waals surface area contributed by atoms with Crippen molar-refractivity contribution in [3.63, 3.8) is 0 Å². The molecule has 0 radical (unpaired) electrons. The van der Waals surface area contributed by atoms with Crippen LogP contribution in [0.15, 0.2) is 24.3 Å². The Morgan fingerprint density at radius 2 is 2.11 bits per heavy atom. The number of aliphatic carboxylic acids is 1. The number of aliphatic hydroxyl groups is 1. The van der Waals surface area contributed by atoms with E-state index >= 15 is 0 Å². The first-order chi connectivity index (χ1) is 8.92. The molecule has 1 aromatic carbocycles. The fourth-order valence-electron chi connectivity index (χ4n) is 2.52. The lowest BCUT2D eigenvalue weighted by Crippen LogP contribution is -2.39. The Balaban J connectivity index is 2.31. The molecule has 1 atom stereocenters. The van der Waals surface area contributed by atoms with Gasteiger partial charge in [-0.3, -0.25) is 4.79 Å². The molecular weight excluding hydrogens is 242 g/mol. The first kappa shape index (κ1) is 13.9. The van der Waals surface area contributed by atoms with Gasteiger partial charge < -0.3 is 15.1 Å². The largest absolute Gasteiger partial charge is 0.481 e. The Morgan fingerprint density at radius 1 is 1.42 bits per heavy atom. The van der Waals surface area contributed by atoms with Gasteiger partial charge in [-0.2, -0.15) is 0 Å². The van der Waals surface area contributed by atoms with E-state index in [1.54, 1.807) is 13.8 Å². The van der Waals surface area contributed by atoms with Crippen molar-refractivity contribution in [3.8, 4) is 0 Å². The summed E-state index contributed by atoms with van der Waals surface area (Å²) >= 11 is 0. The van der Waals surface area contributed by atoms with Crippen LogP contribution in [0, 0.1) is 5.41 Å². The predicted molar refractivity (Wildman–Crippen MR) is 74.3 cm³/mol. The van der Waals surface area contributed by atoms with E-state index in [2.05, 4.69) is 4.90 Å². The molecule has 19 heavy (non-hydrogen) atoms. The molecule has 0 aliphatic carbocycles. The zero-order chi connectivity index (χ0) is 14.0. The number of carboxylic acid groups (broad SMARTS) is 1. The van der Waals surface area contributed by atoms with Crippen LogP contribution in [0.2, 0.25) is 0 Å². The monoisotopic (exact) mass is 263 g/mol. The average Bonchev–Trinajstić information content (AvgIpc) is 2.50. The SMILES string of the molecule is CC(C)(CN1CCCC(O)c2ccccc21)C(=O)O. The molecule has 4 heteroatoms. The number of para-hydroxylation sites is 1. The fraction of sp³-hybridized carbons (Fsp3) is 0.533. The smallest absolute Gasteiger partial charge is 0.310 e. The molecule has 0 amide bonds. The molecule has 1 aliphatic rings. The Labute approximate surface area is 113 Å². The quantitative estimate of drug-likeness (QED) is 0.879. The van der Waals surface area contributed by atoms with Crippen LogP contribution in [0.25, 0.3) is 0 Å². The molecule has 0 spiro atoms. The van der Waals surface area contributed by atoms with Crippen LogP contribution in [0.3, 0.4) is 0 Å². The maximum atomic E-state index is 11.3. The minimum atomic E-state index is -0.803. The summed E-state index contributed by atoms with van der Waals surface area (Å²) in [4.78, 5) is 13.4. The number of carboxylic acids is 1. The highest BCUT2D eigenvalue weighted by Crippen LogP contribution is 2.34. The second-order valence-electron chi connectivity index (χ2n) is 5.83. The highest BCUT2D eigenvalue weighted by Gasteiger charge is 2.32. The van der Waals surface area contributed by atoms with Gasteiger partial charge >= 0.3 is 5.97 Å². The van der Waals surface area contributed by atoms with Crippen LogP contribution in [0.4, 0.5) is 5.69 Å². The number of anilines is 1. The summed E-state index contributed by atoms with van der Waals surface area (Å²) in [5.74, 6) is -0.797. The van der Waals surface area contributed by atoms with Crippen molar-refractivity contribution in [3.05, 3.63) is 29.8 Å². The molecule has 4 nitrogen and oxygen atoms in total. The number of carbonyl (C=O) groups is 1. The number of hydrogen-bond donors (Lipinski definition) is 2. The lowest BCUT2D eigenvalue weighted by molar-refractivity contribution is -0.146. The summed E-state index contributed by atoms with van der Waals surface area (Å²) in [5.41, 5.74) is 1.06. The van der Waals surface area contributed by atoms with E-state index in [-0.39, 0.29) is 0 Å². The molecule has 0 saturated carbocycles. The maximum Gasteiger partial charge on any atom is 0.310 e. The Bertz CT molecular complexity index is 470. The van der Waals surface area contributed by atoms with Crippen molar-refractivity contribution >= 4 is 11.7 Å². The van der Waals surface area contributed by atoms with Gasteiger partial charge in [0, 0.05) is 24.3 Å². The third-order valence-electron chi connectivity index (χ3n) is 3.71. The number of hydrogen-bond acceptors (Lipinski definition) is 3. The lowest BCUT2D eigenvalue weighted by atomic mass is 9.92. The van der Waals surface area contributed by atoms with Crippen LogP contribution in [-0.4, -0.2) is 29.3 Å². The van der Waals surface area contributed by atoms with Crippen LogP contribution in [0.5, 0.6) is 0 Å². The van der Waals surface area contributed by atoms with Crippen LogP contribution < -0.4 is 4.90 Å². The van der Waals surface area contributed by atoms with E-state index in [1.807, 2.05) is 24.3 Å². The van der Waals surface area contributed by atoms with Crippen molar-refractivity contribution in [1.29, 1.82) is 0 Å². The van der Waals surface area contributed by atoms with E-state index in [4.69, 9.17) is 0 Å². The van der Waals surface area contributed by atoms with Gasteiger partial charge in [0.05, 0.1) is 11.5 Å². The first-order valence-corrected chi connectivity index (χ1v) is 6.67. The normalized spacial score (nSPS) is 19.7. The minimum absolute atomic E-state index is 0.450. The van der Waals surface area contributed by atoms with Crippen LogP contribution in [-0.2, 0) is 4.79 Å². The average molecular weight is 263 g/mol. The molecule has 2 N–H and O–H groups in total. The van der Waals surface area contributed by atoms with E-state index in [0.29, 0.717) is 6.54 Å². The second-order valence-corrected chi connectivity index (χ2v) is 5.83. The third-order valence-corrected chi connectivity index (χ3v) is 3.71. The molecule has 2 rings (SSSR count). The minimum Gasteiger partial charge on any atom is -0.481 e. The number of nitrogens with zero attached hydrogens (tertiary/aromatic N) is 1. The summed E-state index contributed by atoms with van der Waals surface area (Å²) in [6.45, 7) is 4.70. The maximum absolute atomic E-state index is 11.3. The molecule has 104 valence electrons. The highest BCUT2D eigenvalue weighted by atomic mass is 16.4. The summed E-state index contributed by atoms with van der Waals surface area (Å²) in [5, 5.41) is 19.4. The van der Waals surface area contributed by atoms with Crippen molar-refractivity contribution in [2.45, 2.75) is 32.8 Å². The molecule has 0 saturated heterocycles. The second kappa shape index (κ2) is 5.21. The van der Waals surface area contributed by atoms with Gasteiger partial charge in [-0.1, -0.05) is 18.2 Å². The van der Waals surface area contributed by atoms with E-state index < -0.39 is 17.5 Å². The number of aliphatic hydroxyl groups excluding tert-OH is 1. The summed E-state index contributed by atoms with van der Waals surface area (Å²) in [7, 11) is 0. The standard InChI is InChI=1S/C15H21NO3/c1-15(2,14(18)19)10-16-9-5-8-13(17)11-6-3-4-7-12(11)16/h3-4,6-7,13,17H,5,8-10H2,1-2H3,(H,18,19). The number of benzene rings is 1. The fourth-order valence-corrected chi connectivity index (χ4v) is 2.52. The van der Waals surface area contributed by atoms with Gasteiger partial charge in [0.25, 0.3) is 0 Å². The number of fused-ring (bicyclic) bond motifs is 1. The van der Waals surface area contributed by atoms with Crippen molar-refractivity contribution in [2.75, 3.05) is 18.0 Å². The van der Waals surface area contributed by atoms with Gasteiger partial charge in [0.15, 0.2) is 0 Å². The Hall–Kier alpha value is -1.55. The molecule has 1 unspecified atom stereocenters. The van der Waals surface area contributed by atoms with E-state index in [1.165, 1.54) is 0 Å². The summed E-state index contributed by atoms with van der Waals surface area (Å²) in [6.07, 6.45) is 1.14. The molecule has 1 aromatic rings. The van der Waals surface area contributed by atoms with Gasteiger partial charge in [0.2, 0.25) is 0 Å². The zero-order valence-corrected chi connectivity index (χ0v) is 11.5. The van der Waals surface area contributed by atoms with Crippen molar-refractivity contribution in [2.24, 2.45) is 5.41 Å². The van der Waals surface area contributed by atoms with Crippen molar-refractivity contribution in [1.82, 2.24) is 0 Å². The Morgan fingerprint density at radius 3 is 2.79 bits per heavy atom. The number of rotatable bonds is 3. The van der Waals surface area contributed by atoms with Crippen molar-refractivity contribution < 1.29 is 15.0 Å². The zero-order valence-electron chi connectivity index (χ0n) is 11.5. The van der Waals surface area contributed by atoms with Gasteiger partial charge in [0.1, 0.15) is 0 Å². The molecular formula is C15H21NO3. The predicted octanol–water partition coefficient (Wildman–Crippen LogP) is 2.43. The lowest BCUT2D eigenvalue weighted by Gasteiger charge is -2.31. The van der Waals surface area contributed by atoms with E-state index in [9.17, 15) is 15.0 Å².